The molecule has 1 N–H and O–H groups in total. The van der Waals surface area contributed by atoms with Crippen LogP contribution in [0.4, 0.5) is 5.69 Å². The molecule has 104 valence electrons. The van der Waals surface area contributed by atoms with Crippen molar-refractivity contribution in [3.63, 3.8) is 0 Å². The standard InChI is InChI=1S/C18H15ClN2/c19-13-6-7-14-16(8-9-20-17(14)10-13)21-18-11-15(18)12-4-2-1-3-5-12/h1-10,15,18H,11H2,(H,20,21). The highest BCUT2D eigenvalue weighted by Crippen LogP contribution is 2.43. The third-order valence-electron chi connectivity index (χ3n) is 4.06. The first-order chi connectivity index (χ1) is 10.3. The Labute approximate surface area is 128 Å². The average molecular weight is 295 g/mol. The first kappa shape index (κ1) is 12.7. The van der Waals surface area contributed by atoms with Gasteiger partial charge in [0.25, 0.3) is 0 Å². The highest BCUT2D eigenvalue weighted by atomic mass is 35.5. The van der Waals surface area contributed by atoms with Crippen LogP contribution in [0.3, 0.4) is 0 Å². The molecule has 4 rings (SSSR count). The predicted molar refractivity (Wildman–Crippen MR) is 88.0 cm³/mol. The fourth-order valence-corrected chi connectivity index (χ4v) is 3.04. The predicted octanol–water partition coefficient (Wildman–Crippen LogP) is 4.86. The van der Waals surface area contributed by atoms with Crippen molar-refractivity contribution in [2.75, 3.05) is 5.32 Å². The fraction of sp³-hybridized carbons (Fsp3) is 0.167. The smallest absolute Gasteiger partial charge is 0.0737 e. The van der Waals surface area contributed by atoms with E-state index < -0.39 is 0 Å². The lowest BCUT2D eigenvalue weighted by atomic mass is 10.1. The van der Waals surface area contributed by atoms with E-state index in [1.807, 2.05) is 30.5 Å². The van der Waals surface area contributed by atoms with Gasteiger partial charge in [0, 0.05) is 34.3 Å². The van der Waals surface area contributed by atoms with Gasteiger partial charge in [0.2, 0.25) is 0 Å². The zero-order valence-corrected chi connectivity index (χ0v) is 12.2. The molecule has 1 saturated carbocycles. The van der Waals surface area contributed by atoms with E-state index in [9.17, 15) is 0 Å². The van der Waals surface area contributed by atoms with Crippen molar-refractivity contribution in [1.82, 2.24) is 4.98 Å². The van der Waals surface area contributed by atoms with Gasteiger partial charge in [0.05, 0.1) is 5.52 Å². The molecule has 0 amide bonds. The summed E-state index contributed by atoms with van der Waals surface area (Å²) in [6, 6.07) is 19.1. The van der Waals surface area contributed by atoms with Crippen molar-refractivity contribution in [3.8, 4) is 0 Å². The van der Waals surface area contributed by atoms with Gasteiger partial charge in [-0.2, -0.15) is 0 Å². The Kier molecular flexibility index (Phi) is 3.04. The number of hydrogen-bond acceptors (Lipinski definition) is 2. The first-order valence-corrected chi connectivity index (χ1v) is 7.55. The van der Waals surface area contributed by atoms with E-state index in [-0.39, 0.29) is 0 Å². The normalized spacial score (nSPS) is 20.4. The van der Waals surface area contributed by atoms with E-state index in [0.29, 0.717) is 12.0 Å². The number of nitrogens with zero attached hydrogens (tertiary/aromatic N) is 1. The molecular formula is C18H15ClN2. The molecule has 0 radical (unpaired) electrons. The van der Waals surface area contributed by atoms with Gasteiger partial charge in [0.15, 0.2) is 0 Å². The van der Waals surface area contributed by atoms with Crippen LogP contribution in [0.15, 0.2) is 60.8 Å². The molecule has 1 fully saturated rings. The van der Waals surface area contributed by atoms with Crippen molar-refractivity contribution >= 4 is 28.2 Å². The summed E-state index contributed by atoms with van der Waals surface area (Å²) in [5, 5.41) is 5.49. The van der Waals surface area contributed by atoms with Crippen molar-refractivity contribution in [2.45, 2.75) is 18.4 Å². The molecule has 0 aliphatic heterocycles. The van der Waals surface area contributed by atoms with E-state index in [2.05, 4.69) is 40.6 Å². The Morgan fingerprint density at radius 3 is 2.76 bits per heavy atom. The summed E-state index contributed by atoms with van der Waals surface area (Å²) < 4.78 is 0. The summed E-state index contributed by atoms with van der Waals surface area (Å²) in [4.78, 5) is 4.38. The molecular weight excluding hydrogens is 280 g/mol. The van der Waals surface area contributed by atoms with Gasteiger partial charge in [0.1, 0.15) is 0 Å². The SMILES string of the molecule is Clc1ccc2c(NC3CC3c3ccccc3)ccnc2c1. The minimum atomic E-state index is 0.508. The lowest BCUT2D eigenvalue weighted by Crippen LogP contribution is -2.04. The minimum Gasteiger partial charge on any atom is -0.381 e. The molecule has 1 aliphatic rings. The highest BCUT2D eigenvalue weighted by Gasteiger charge is 2.38. The van der Waals surface area contributed by atoms with Gasteiger partial charge >= 0.3 is 0 Å². The monoisotopic (exact) mass is 294 g/mol. The number of aromatic nitrogens is 1. The lowest BCUT2D eigenvalue weighted by Gasteiger charge is -2.09. The van der Waals surface area contributed by atoms with Gasteiger partial charge in [-0.25, -0.2) is 0 Å². The minimum absolute atomic E-state index is 0.508. The van der Waals surface area contributed by atoms with E-state index in [4.69, 9.17) is 11.6 Å². The Morgan fingerprint density at radius 2 is 1.90 bits per heavy atom. The van der Waals surface area contributed by atoms with Gasteiger partial charge < -0.3 is 5.32 Å². The third-order valence-corrected chi connectivity index (χ3v) is 4.30. The Hall–Kier alpha value is -2.06. The van der Waals surface area contributed by atoms with Crippen LogP contribution in [0.25, 0.3) is 10.9 Å². The van der Waals surface area contributed by atoms with Crippen LogP contribution in [0.5, 0.6) is 0 Å². The summed E-state index contributed by atoms with van der Waals surface area (Å²) >= 11 is 6.03. The molecule has 1 heterocycles. The van der Waals surface area contributed by atoms with E-state index in [1.165, 1.54) is 12.0 Å². The second-order valence-corrected chi connectivity index (χ2v) is 5.96. The first-order valence-electron chi connectivity index (χ1n) is 7.17. The summed E-state index contributed by atoms with van der Waals surface area (Å²) in [6.45, 7) is 0. The van der Waals surface area contributed by atoms with Crippen molar-refractivity contribution in [2.24, 2.45) is 0 Å². The molecule has 0 saturated heterocycles. The molecule has 1 aromatic heterocycles. The number of halogens is 1. The summed E-state index contributed by atoms with van der Waals surface area (Å²) in [5.74, 6) is 0.613. The van der Waals surface area contributed by atoms with Crippen LogP contribution in [0.1, 0.15) is 17.9 Å². The summed E-state index contributed by atoms with van der Waals surface area (Å²) in [7, 11) is 0. The van der Waals surface area contributed by atoms with Crippen LogP contribution in [0.2, 0.25) is 5.02 Å². The summed E-state index contributed by atoms with van der Waals surface area (Å²) in [5.41, 5.74) is 3.49. The second-order valence-electron chi connectivity index (χ2n) is 5.52. The Bertz CT molecular complexity index is 786. The van der Waals surface area contributed by atoms with E-state index in [1.54, 1.807) is 0 Å². The van der Waals surface area contributed by atoms with Crippen molar-refractivity contribution < 1.29 is 0 Å². The second kappa shape index (κ2) is 5.05. The van der Waals surface area contributed by atoms with Crippen LogP contribution >= 0.6 is 11.6 Å². The molecule has 2 aromatic carbocycles. The van der Waals surface area contributed by atoms with E-state index in [0.717, 1.165) is 21.6 Å². The van der Waals surface area contributed by atoms with Crippen LogP contribution in [0, 0.1) is 0 Å². The van der Waals surface area contributed by atoms with Gasteiger partial charge in [-0.15, -0.1) is 0 Å². The number of fused-ring (bicyclic) bond motifs is 1. The van der Waals surface area contributed by atoms with Crippen molar-refractivity contribution in [3.05, 3.63) is 71.4 Å². The average Bonchev–Trinajstić information content (AvgIpc) is 3.27. The van der Waals surface area contributed by atoms with Gasteiger partial charge in [-0.3, -0.25) is 4.98 Å². The van der Waals surface area contributed by atoms with E-state index >= 15 is 0 Å². The molecule has 0 spiro atoms. The fourth-order valence-electron chi connectivity index (χ4n) is 2.87. The molecule has 3 heteroatoms. The molecule has 3 aromatic rings. The maximum Gasteiger partial charge on any atom is 0.0737 e. The van der Waals surface area contributed by atoms with Gasteiger partial charge in [-0.1, -0.05) is 41.9 Å². The zero-order valence-electron chi connectivity index (χ0n) is 11.5. The molecule has 2 unspecified atom stereocenters. The number of rotatable bonds is 3. The molecule has 21 heavy (non-hydrogen) atoms. The van der Waals surface area contributed by atoms with Crippen LogP contribution in [-0.2, 0) is 0 Å². The number of nitrogens with one attached hydrogen (secondary N) is 1. The topological polar surface area (TPSA) is 24.9 Å². The molecule has 0 bridgehead atoms. The lowest BCUT2D eigenvalue weighted by molar-refractivity contribution is 1.05. The number of pyridine rings is 1. The number of hydrogen-bond donors (Lipinski definition) is 1. The van der Waals surface area contributed by atoms with Crippen molar-refractivity contribution in [1.29, 1.82) is 0 Å². The molecule has 1 aliphatic carbocycles. The maximum absolute atomic E-state index is 6.03. The molecule has 2 atom stereocenters. The van der Waals surface area contributed by atoms with Gasteiger partial charge in [-0.05, 0) is 36.2 Å². The van der Waals surface area contributed by atoms with Crippen LogP contribution < -0.4 is 5.32 Å². The Morgan fingerprint density at radius 1 is 1.05 bits per heavy atom. The maximum atomic E-state index is 6.03. The largest absolute Gasteiger partial charge is 0.381 e. The third kappa shape index (κ3) is 2.47. The highest BCUT2D eigenvalue weighted by molar-refractivity contribution is 6.31. The summed E-state index contributed by atoms with van der Waals surface area (Å²) in [6.07, 6.45) is 3.02. The molecule has 2 nitrogen and oxygen atoms in total. The zero-order chi connectivity index (χ0) is 14.2. The quantitative estimate of drug-likeness (QED) is 0.746. The number of anilines is 1. The van der Waals surface area contributed by atoms with Crippen LogP contribution in [-0.4, -0.2) is 11.0 Å². The number of benzene rings is 2. The Balaban J connectivity index is 1.59.